The quantitative estimate of drug-likeness (QED) is 0.751. The van der Waals surface area contributed by atoms with E-state index in [1.807, 2.05) is 6.92 Å². The van der Waals surface area contributed by atoms with E-state index in [9.17, 15) is 0 Å². The summed E-state index contributed by atoms with van der Waals surface area (Å²) in [4.78, 5) is 8.57. The van der Waals surface area contributed by atoms with Crippen molar-refractivity contribution >= 4 is 11.0 Å². The van der Waals surface area contributed by atoms with Crippen molar-refractivity contribution in [3.63, 3.8) is 0 Å². The molecule has 80 valence electrons. The standard InChI is InChI=1S/C12H17N3/c1-5-12(3,4)15-7-6-10-9(2)13-8-14-11(10)15/h6-8H,5H2,1-4H3. The fourth-order valence-corrected chi connectivity index (χ4v) is 1.74. The third kappa shape index (κ3) is 1.52. The van der Waals surface area contributed by atoms with Gasteiger partial charge in [-0.3, -0.25) is 0 Å². The summed E-state index contributed by atoms with van der Waals surface area (Å²) in [5.74, 6) is 0. The van der Waals surface area contributed by atoms with E-state index in [0.717, 1.165) is 23.1 Å². The van der Waals surface area contributed by atoms with E-state index in [-0.39, 0.29) is 5.54 Å². The van der Waals surface area contributed by atoms with Crippen LogP contribution in [0.25, 0.3) is 11.0 Å². The molecule has 15 heavy (non-hydrogen) atoms. The Bertz CT molecular complexity index is 483. The summed E-state index contributed by atoms with van der Waals surface area (Å²) in [5, 5.41) is 1.15. The van der Waals surface area contributed by atoms with E-state index in [1.54, 1.807) is 6.33 Å². The molecule has 0 bridgehead atoms. The van der Waals surface area contributed by atoms with Crippen molar-refractivity contribution in [2.45, 2.75) is 39.7 Å². The molecule has 0 saturated heterocycles. The highest BCUT2D eigenvalue weighted by atomic mass is 15.1. The predicted octanol–water partition coefficient (Wildman–Crippen LogP) is 2.88. The third-order valence-electron chi connectivity index (χ3n) is 3.20. The Balaban J connectivity index is 2.69. The van der Waals surface area contributed by atoms with Crippen LogP contribution in [0.5, 0.6) is 0 Å². The summed E-state index contributed by atoms with van der Waals surface area (Å²) in [6.07, 6.45) is 4.83. The second kappa shape index (κ2) is 3.33. The van der Waals surface area contributed by atoms with Crippen molar-refractivity contribution in [2.75, 3.05) is 0 Å². The van der Waals surface area contributed by atoms with Gasteiger partial charge >= 0.3 is 0 Å². The van der Waals surface area contributed by atoms with Crippen LogP contribution in [0.3, 0.4) is 0 Å². The van der Waals surface area contributed by atoms with Crippen LogP contribution < -0.4 is 0 Å². The highest BCUT2D eigenvalue weighted by Crippen LogP contribution is 2.25. The molecule has 0 unspecified atom stereocenters. The Morgan fingerprint density at radius 1 is 1.33 bits per heavy atom. The van der Waals surface area contributed by atoms with Crippen LogP contribution in [0.4, 0.5) is 0 Å². The van der Waals surface area contributed by atoms with Gasteiger partial charge in [0.2, 0.25) is 0 Å². The number of fused-ring (bicyclic) bond motifs is 1. The first-order chi connectivity index (χ1) is 7.06. The second-order valence-corrected chi connectivity index (χ2v) is 4.55. The van der Waals surface area contributed by atoms with Crippen LogP contribution in [0.1, 0.15) is 32.9 Å². The molecule has 2 aromatic rings. The molecule has 0 atom stereocenters. The molecule has 2 aromatic heterocycles. The van der Waals surface area contributed by atoms with Crippen LogP contribution in [0.2, 0.25) is 0 Å². The van der Waals surface area contributed by atoms with E-state index in [1.165, 1.54) is 0 Å². The molecule has 3 nitrogen and oxygen atoms in total. The number of rotatable bonds is 2. The molecule has 0 radical (unpaired) electrons. The van der Waals surface area contributed by atoms with Crippen LogP contribution in [-0.4, -0.2) is 14.5 Å². The largest absolute Gasteiger partial charge is 0.327 e. The third-order valence-corrected chi connectivity index (χ3v) is 3.20. The molecule has 0 aliphatic carbocycles. The topological polar surface area (TPSA) is 30.7 Å². The van der Waals surface area contributed by atoms with E-state index in [0.29, 0.717) is 0 Å². The van der Waals surface area contributed by atoms with Crippen LogP contribution in [0.15, 0.2) is 18.6 Å². The first kappa shape index (κ1) is 10.1. The zero-order valence-electron chi connectivity index (χ0n) is 9.78. The van der Waals surface area contributed by atoms with Crippen molar-refractivity contribution in [2.24, 2.45) is 0 Å². The Kier molecular flexibility index (Phi) is 2.25. The molecule has 2 rings (SSSR count). The highest BCUT2D eigenvalue weighted by molar-refractivity contribution is 5.78. The maximum Gasteiger partial charge on any atom is 0.144 e. The molecule has 0 fully saturated rings. The maximum absolute atomic E-state index is 4.37. The van der Waals surface area contributed by atoms with Gasteiger partial charge in [-0.2, -0.15) is 0 Å². The molecule has 2 heterocycles. The minimum absolute atomic E-state index is 0.114. The van der Waals surface area contributed by atoms with E-state index >= 15 is 0 Å². The Labute approximate surface area is 90.2 Å². The summed E-state index contributed by atoms with van der Waals surface area (Å²) in [6, 6.07) is 2.10. The number of hydrogen-bond acceptors (Lipinski definition) is 2. The number of hydrogen-bond donors (Lipinski definition) is 0. The smallest absolute Gasteiger partial charge is 0.144 e. The Morgan fingerprint density at radius 2 is 2.07 bits per heavy atom. The van der Waals surface area contributed by atoms with Gasteiger partial charge in [0.25, 0.3) is 0 Å². The highest BCUT2D eigenvalue weighted by Gasteiger charge is 2.20. The molecular weight excluding hydrogens is 186 g/mol. The van der Waals surface area contributed by atoms with Gasteiger partial charge < -0.3 is 4.57 Å². The Hall–Kier alpha value is -1.38. The Morgan fingerprint density at radius 3 is 2.73 bits per heavy atom. The summed E-state index contributed by atoms with van der Waals surface area (Å²) in [5.41, 5.74) is 2.20. The summed E-state index contributed by atoms with van der Waals surface area (Å²) in [6.45, 7) is 8.67. The summed E-state index contributed by atoms with van der Waals surface area (Å²) >= 11 is 0. The van der Waals surface area contributed by atoms with Crippen molar-refractivity contribution in [3.05, 3.63) is 24.3 Å². The maximum atomic E-state index is 4.37. The fourth-order valence-electron chi connectivity index (χ4n) is 1.74. The zero-order valence-corrected chi connectivity index (χ0v) is 9.78. The van der Waals surface area contributed by atoms with Gasteiger partial charge in [-0.05, 0) is 33.3 Å². The monoisotopic (exact) mass is 203 g/mol. The van der Waals surface area contributed by atoms with E-state index < -0.39 is 0 Å². The fraction of sp³-hybridized carbons (Fsp3) is 0.500. The lowest BCUT2D eigenvalue weighted by Crippen LogP contribution is -2.24. The lowest BCUT2D eigenvalue weighted by molar-refractivity contribution is 0.352. The number of nitrogens with zero attached hydrogens (tertiary/aromatic N) is 3. The molecule has 0 aliphatic rings. The van der Waals surface area contributed by atoms with Gasteiger partial charge in [0.15, 0.2) is 0 Å². The molecule has 0 spiro atoms. The van der Waals surface area contributed by atoms with Crippen molar-refractivity contribution in [1.29, 1.82) is 0 Å². The van der Waals surface area contributed by atoms with Crippen molar-refractivity contribution in [1.82, 2.24) is 14.5 Å². The van der Waals surface area contributed by atoms with Gasteiger partial charge in [0.1, 0.15) is 12.0 Å². The molecule has 0 saturated carbocycles. The molecule has 0 aliphatic heterocycles. The van der Waals surface area contributed by atoms with Crippen molar-refractivity contribution < 1.29 is 0 Å². The minimum atomic E-state index is 0.114. The van der Waals surface area contributed by atoms with Crippen LogP contribution in [-0.2, 0) is 5.54 Å². The lowest BCUT2D eigenvalue weighted by Gasteiger charge is -2.25. The molecule has 0 aromatic carbocycles. The molecular formula is C12H17N3. The number of aryl methyl sites for hydroxylation is 1. The van der Waals surface area contributed by atoms with Gasteiger partial charge in [-0.25, -0.2) is 9.97 Å². The average Bonchev–Trinajstić information content (AvgIpc) is 2.63. The molecule has 3 heteroatoms. The summed E-state index contributed by atoms with van der Waals surface area (Å²) in [7, 11) is 0. The van der Waals surface area contributed by atoms with Crippen molar-refractivity contribution in [3.8, 4) is 0 Å². The first-order valence-electron chi connectivity index (χ1n) is 5.35. The molecule has 0 N–H and O–H groups in total. The summed E-state index contributed by atoms with van der Waals surface area (Å²) < 4.78 is 2.23. The van der Waals surface area contributed by atoms with Crippen LogP contribution in [0, 0.1) is 6.92 Å². The van der Waals surface area contributed by atoms with Gasteiger partial charge in [-0.15, -0.1) is 0 Å². The zero-order chi connectivity index (χ0) is 11.1. The second-order valence-electron chi connectivity index (χ2n) is 4.55. The lowest BCUT2D eigenvalue weighted by atomic mass is 10.0. The van der Waals surface area contributed by atoms with E-state index in [2.05, 4.69) is 47.6 Å². The minimum Gasteiger partial charge on any atom is -0.327 e. The predicted molar refractivity (Wildman–Crippen MR) is 61.9 cm³/mol. The van der Waals surface area contributed by atoms with Gasteiger partial charge in [0.05, 0.1) is 5.69 Å². The van der Waals surface area contributed by atoms with Gasteiger partial charge in [0, 0.05) is 17.1 Å². The van der Waals surface area contributed by atoms with E-state index in [4.69, 9.17) is 0 Å². The van der Waals surface area contributed by atoms with Crippen LogP contribution >= 0.6 is 0 Å². The normalized spacial score (nSPS) is 12.3. The average molecular weight is 203 g/mol. The van der Waals surface area contributed by atoms with Gasteiger partial charge in [-0.1, -0.05) is 6.92 Å². The number of aromatic nitrogens is 3. The SMILES string of the molecule is CCC(C)(C)n1ccc2c(C)ncnc21. The molecule has 0 amide bonds. The first-order valence-corrected chi connectivity index (χ1v) is 5.35.